The number of halogens is 1. The number of anilines is 1. The van der Waals surface area contributed by atoms with Gasteiger partial charge in [0, 0.05) is 16.6 Å². The number of rotatable bonds is 2. The molecule has 2 saturated carbocycles. The maximum Gasteiger partial charge on any atom is 0.239 e. The highest BCUT2D eigenvalue weighted by atomic mass is 35.5. The van der Waals surface area contributed by atoms with Crippen LogP contribution in [-0.4, -0.2) is 17.5 Å². The minimum atomic E-state index is -1.24. The standard InChI is InChI=1S/C17H18ClNO3/c1-9-8-10(18)4-5-12(9)19-15(22)17-7-6-11(16(17,2)3)13(20)14(17)21/h4-5,8,11H,6-7H2,1-3H3,(H,19,22). The van der Waals surface area contributed by atoms with Gasteiger partial charge in [-0.3, -0.25) is 14.4 Å². The van der Waals surface area contributed by atoms with Crippen molar-refractivity contribution in [3.8, 4) is 0 Å². The second-order valence-electron chi connectivity index (χ2n) is 6.83. The number of aryl methyl sites for hydroxylation is 1. The molecule has 2 aliphatic carbocycles. The number of hydrogen-bond donors (Lipinski definition) is 1. The van der Waals surface area contributed by atoms with Crippen molar-refractivity contribution in [1.29, 1.82) is 0 Å². The van der Waals surface area contributed by atoms with Gasteiger partial charge in [-0.1, -0.05) is 25.4 Å². The van der Waals surface area contributed by atoms with E-state index < -0.39 is 16.6 Å². The summed E-state index contributed by atoms with van der Waals surface area (Å²) in [5, 5.41) is 3.42. The molecule has 4 nitrogen and oxygen atoms in total. The lowest BCUT2D eigenvalue weighted by Gasteiger charge is -2.34. The van der Waals surface area contributed by atoms with Crippen LogP contribution in [0.3, 0.4) is 0 Å². The average molecular weight is 320 g/mol. The minimum Gasteiger partial charge on any atom is -0.325 e. The Morgan fingerprint density at radius 1 is 1.32 bits per heavy atom. The SMILES string of the molecule is Cc1cc(Cl)ccc1NC(=O)C12CCC(C(=O)C1=O)C2(C)C. The third kappa shape index (κ3) is 1.73. The van der Waals surface area contributed by atoms with E-state index in [1.165, 1.54) is 0 Å². The summed E-state index contributed by atoms with van der Waals surface area (Å²) in [5.41, 5.74) is -0.427. The molecule has 1 N–H and O–H groups in total. The van der Waals surface area contributed by atoms with Gasteiger partial charge in [-0.05, 0) is 48.9 Å². The lowest BCUT2D eigenvalue weighted by molar-refractivity contribution is -0.147. The van der Waals surface area contributed by atoms with E-state index in [2.05, 4.69) is 5.32 Å². The van der Waals surface area contributed by atoms with Gasteiger partial charge in [0.05, 0.1) is 0 Å². The van der Waals surface area contributed by atoms with Gasteiger partial charge in [-0.15, -0.1) is 0 Å². The smallest absolute Gasteiger partial charge is 0.239 e. The van der Waals surface area contributed by atoms with Crippen LogP contribution in [0.1, 0.15) is 32.3 Å². The predicted molar refractivity (Wildman–Crippen MR) is 83.8 cm³/mol. The van der Waals surface area contributed by atoms with Crippen molar-refractivity contribution in [1.82, 2.24) is 0 Å². The Morgan fingerprint density at radius 2 is 2.00 bits per heavy atom. The van der Waals surface area contributed by atoms with Gasteiger partial charge in [-0.25, -0.2) is 0 Å². The molecular formula is C17H18ClNO3. The second-order valence-corrected chi connectivity index (χ2v) is 7.26. The molecule has 0 saturated heterocycles. The molecule has 0 aliphatic heterocycles. The van der Waals surface area contributed by atoms with Crippen LogP contribution in [0.5, 0.6) is 0 Å². The van der Waals surface area contributed by atoms with Crippen molar-refractivity contribution >= 4 is 34.8 Å². The number of hydrogen-bond acceptors (Lipinski definition) is 3. The largest absolute Gasteiger partial charge is 0.325 e. The summed E-state index contributed by atoms with van der Waals surface area (Å²) < 4.78 is 0. The van der Waals surface area contributed by atoms with E-state index in [0.717, 1.165) is 5.56 Å². The van der Waals surface area contributed by atoms with Crippen molar-refractivity contribution in [3.63, 3.8) is 0 Å². The lowest BCUT2D eigenvalue weighted by atomic mass is 9.68. The summed E-state index contributed by atoms with van der Waals surface area (Å²) in [6.07, 6.45) is 1.04. The van der Waals surface area contributed by atoms with Crippen molar-refractivity contribution in [2.75, 3.05) is 5.32 Å². The normalized spacial score (nSPS) is 29.0. The molecule has 5 heteroatoms. The molecule has 3 rings (SSSR count). The summed E-state index contributed by atoms with van der Waals surface area (Å²) in [7, 11) is 0. The third-order valence-electron chi connectivity index (χ3n) is 5.53. The molecule has 0 aromatic heterocycles. The molecule has 22 heavy (non-hydrogen) atoms. The number of amides is 1. The molecule has 0 radical (unpaired) electrons. The Hall–Kier alpha value is -1.68. The van der Waals surface area contributed by atoms with Gasteiger partial charge >= 0.3 is 0 Å². The molecule has 2 fully saturated rings. The molecule has 116 valence electrons. The molecule has 1 aromatic rings. The highest BCUT2D eigenvalue weighted by molar-refractivity contribution is 6.48. The number of nitrogens with one attached hydrogen (secondary N) is 1. The molecule has 2 atom stereocenters. The monoisotopic (exact) mass is 319 g/mol. The van der Waals surface area contributed by atoms with Gasteiger partial charge in [0.25, 0.3) is 0 Å². The van der Waals surface area contributed by atoms with Crippen LogP contribution in [0, 0.1) is 23.7 Å². The van der Waals surface area contributed by atoms with Crippen LogP contribution in [0.25, 0.3) is 0 Å². The summed E-state index contributed by atoms with van der Waals surface area (Å²) in [4.78, 5) is 37.4. The molecule has 2 bridgehead atoms. The molecular weight excluding hydrogens is 302 g/mol. The van der Waals surface area contributed by atoms with Gasteiger partial charge < -0.3 is 5.32 Å². The van der Waals surface area contributed by atoms with Crippen LogP contribution in [0.15, 0.2) is 18.2 Å². The first-order valence-corrected chi connectivity index (χ1v) is 7.76. The number of benzene rings is 1. The van der Waals surface area contributed by atoms with Crippen LogP contribution in [-0.2, 0) is 14.4 Å². The minimum absolute atomic E-state index is 0.336. The number of carbonyl (C=O) groups is 3. The van der Waals surface area contributed by atoms with Gasteiger partial charge in [0.15, 0.2) is 0 Å². The summed E-state index contributed by atoms with van der Waals surface area (Å²) in [5.74, 6) is -1.63. The van der Waals surface area contributed by atoms with E-state index in [-0.39, 0.29) is 17.6 Å². The average Bonchev–Trinajstić information content (AvgIpc) is 2.78. The maximum absolute atomic E-state index is 12.9. The first-order valence-electron chi connectivity index (χ1n) is 7.38. The molecule has 1 amide bonds. The zero-order valence-corrected chi connectivity index (χ0v) is 13.6. The third-order valence-corrected chi connectivity index (χ3v) is 5.77. The fraction of sp³-hybridized carbons (Fsp3) is 0.471. The summed E-state index contributed by atoms with van der Waals surface area (Å²) in [6.45, 7) is 5.53. The summed E-state index contributed by atoms with van der Waals surface area (Å²) in [6, 6.07) is 5.15. The van der Waals surface area contributed by atoms with Crippen LogP contribution < -0.4 is 5.32 Å². The van der Waals surface area contributed by atoms with Gasteiger partial charge in [0.1, 0.15) is 5.41 Å². The lowest BCUT2D eigenvalue weighted by Crippen LogP contribution is -2.47. The Bertz CT molecular complexity index is 710. The topological polar surface area (TPSA) is 63.2 Å². The van der Waals surface area contributed by atoms with E-state index in [1.54, 1.807) is 18.2 Å². The van der Waals surface area contributed by atoms with Gasteiger partial charge in [-0.2, -0.15) is 0 Å². The quantitative estimate of drug-likeness (QED) is 0.672. The first-order chi connectivity index (χ1) is 10.2. The highest BCUT2D eigenvalue weighted by Crippen LogP contribution is 2.62. The molecule has 2 unspecified atom stereocenters. The Kier molecular flexibility index (Phi) is 3.22. The van der Waals surface area contributed by atoms with Crippen molar-refractivity contribution in [2.45, 2.75) is 33.6 Å². The number of Topliss-reactive ketones (excluding diaryl/α,β-unsaturated/α-hetero) is 2. The van der Waals surface area contributed by atoms with E-state index in [1.807, 2.05) is 20.8 Å². The zero-order valence-electron chi connectivity index (χ0n) is 12.8. The highest BCUT2D eigenvalue weighted by Gasteiger charge is 2.72. The van der Waals surface area contributed by atoms with E-state index in [0.29, 0.717) is 23.6 Å². The molecule has 1 aromatic carbocycles. The Labute approximate surface area is 134 Å². The maximum atomic E-state index is 12.9. The fourth-order valence-corrected chi connectivity index (χ4v) is 4.31. The van der Waals surface area contributed by atoms with Crippen molar-refractivity contribution in [2.24, 2.45) is 16.7 Å². The van der Waals surface area contributed by atoms with Crippen molar-refractivity contribution in [3.05, 3.63) is 28.8 Å². The number of fused-ring (bicyclic) bond motifs is 2. The Balaban J connectivity index is 1.98. The first kappa shape index (κ1) is 15.2. The molecule has 0 heterocycles. The number of carbonyl (C=O) groups excluding carboxylic acids is 3. The van der Waals surface area contributed by atoms with Crippen LogP contribution in [0.4, 0.5) is 5.69 Å². The van der Waals surface area contributed by atoms with Crippen LogP contribution in [0.2, 0.25) is 5.02 Å². The Morgan fingerprint density at radius 3 is 2.55 bits per heavy atom. The zero-order chi connectivity index (χ0) is 16.3. The van der Waals surface area contributed by atoms with E-state index in [4.69, 9.17) is 11.6 Å². The number of ketones is 2. The fourth-order valence-electron chi connectivity index (χ4n) is 4.08. The van der Waals surface area contributed by atoms with Gasteiger partial charge in [0.2, 0.25) is 17.5 Å². The molecule has 0 spiro atoms. The van der Waals surface area contributed by atoms with Crippen molar-refractivity contribution < 1.29 is 14.4 Å². The molecule has 2 aliphatic rings. The second kappa shape index (κ2) is 4.66. The van der Waals surface area contributed by atoms with Crippen LogP contribution >= 0.6 is 11.6 Å². The van der Waals surface area contributed by atoms with E-state index in [9.17, 15) is 14.4 Å². The van der Waals surface area contributed by atoms with E-state index >= 15 is 0 Å². The summed E-state index contributed by atoms with van der Waals surface area (Å²) >= 11 is 5.92. The predicted octanol–water partition coefficient (Wildman–Crippen LogP) is 3.16.